The first-order valence-electron chi connectivity index (χ1n) is 8.22. The Hall–Kier alpha value is -1.50. The fourth-order valence-corrected chi connectivity index (χ4v) is 3.51. The van der Waals surface area contributed by atoms with Crippen LogP contribution in [0.5, 0.6) is 5.75 Å². The highest BCUT2D eigenvalue weighted by atomic mass is 35.5. The molecule has 0 aliphatic carbocycles. The van der Waals surface area contributed by atoms with Crippen molar-refractivity contribution in [2.75, 3.05) is 32.8 Å². The van der Waals surface area contributed by atoms with E-state index in [1.807, 2.05) is 11.8 Å². The van der Waals surface area contributed by atoms with E-state index in [0.29, 0.717) is 35.4 Å². The number of carboxylic acids is 1. The largest absolute Gasteiger partial charge is 0.481 e. The van der Waals surface area contributed by atoms with Crippen LogP contribution in [0.1, 0.15) is 19.8 Å². The molecule has 1 N–H and O–H groups in total. The van der Waals surface area contributed by atoms with Gasteiger partial charge in [0.15, 0.2) is 12.4 Å². The number of carbonyl (C=O) groups is 2. The minimum absolute atomic E-state index is 0.0310. The highest BCUT2D eigenvalue weighted by Gasteiger charge is 2.27. The van der Waals surface area contributed by atoms with Gasteiger partial charge in [-0.2, -0.15) is 0 Å². The minimum atomic E-state index is -0.828. The van der Waals surface area contributed by atoms with Crippen LogP contribution >= 0.6 is 23.2 Å². The van der Waals surface area contributed by atoms with Crippen molar-refractivity contribution in [2.24, 2.45) is 0 Å². The van der Waals surface area contributed by atoms with Crippen molar-refractivity contribution in [1.82, 2.24) is 9.80 Å². The van der Waals surface area contributed by atoms with E-state index in [4.69, 9.17) is 33.0 Å². The normalized spacial score (nSPS) is 15.4. The summed E-state index contributed by atoms with van der Waals surface area (Å²) in [6, 6.07) is 5.20. The van der Waals surface area contributed by atoms with Gasteiger partial charge in [-0.05, 0) is 31.5 Å². The molecule has 0 radical (unpaired) electrons. The average Bonchev–Trinajstić information content (AvgIpc) is 2.59. The van der Waals surface area contributed by atoms with E-state index in [-0.39, 0.29) is 25.1 Å². The first-order valence-corrected chi connectivity index (χ1v) is 8.98. The molecule has 25 heavy (non-hydrogen) atoms. The smallest absolute Gasteiger partial charge is 0.317 e. The van der Waals surface area contributed by atoms with Crippen molar-refractivity contribution in [3.8, 4) is 5.75 Å². The number of rotatable bonds is 7. The number of likely N-dealkylation sites (tertiary alicyclic amines) is 1. The van der Waals surface area contributed by atoms with Gasteiger partial charge >= 0.3 is 5.97 Å². The number of carboxylic acid groups (broad SMARTS) is 1. The minimum Gasteiger partial charge on any atom is -0.481 e. The maximum Gasteiger partial charge on any atom is 0.317 e. The van der Waals surface area contributed by atoms with E-state index >= 15 is 0 Å². The van der Waals surface area contributed by atoms with Crippen molar-refractivity contribution in [1.29, 1.82) is 0 Å². The van der Waals surface area contributed by atoms with Gasteiger partial charge in [0.1, 0.15) is 0 Å². The standard InChI is InChI=1S/C17H22Cl2N2O4/c1-2-20(10-16(23)24)12-6-8-21(9-7-12)15(22)11-25-17-13(18)4-3-5-14(17)19/h3-5,12H,2,6-11H2,1H3,(H,23,24). The van der Waals surface area contributed by atoms with Gasteiger partial charge in [-0.3, -0.25) is 14.5 Å². The lowest BCUT2D eigenvalue weighted by molar-refractivity contribution is -0.140. The Morgan fingerprint density at radius 1 is 1.28 bits per heavy atom. The number of hydrogen-bond donors (Lipinski definition) is 1. The summed E-state index contributed by atoms with van der Waals surface area (Å²) in [4.78, 5) is 26.9. The lowest BCUT2D eigenvalue weighted by atomic mass is 10.0. The van der Waals surface area contributed by atoms with Gasteiger partial charge in [0, 0.05) is 19.1 Å². The number of carbonyl (C=O) groups excluding carboxylic acids is 1. The number of para-hydroxylation sites is 1. The zero-order valence-electron chi connectivity index (χ0n) is 14.1. The average molecular weight is 389 g/mol. The molecule has 0 aromatic heterocycles. The Morgan fingerprint density at radius 3 is 2.40 bits per heavy atom. The molecule has 1 fully saturated rings. The van der Waals surface area contributed by atoms with Gasteiger partial charge in [-0.15, -0.1) is 0 Å². The molecule has 2 rings (SSSR count). The summed E-state index contributed by atoms with van der Waals surface area (Å²) >= 11 is 12.0. The van der Waals surface area contributed by atoms with Crippen LogP contribution < -0.4 is 4.74 Å². The lowest BCUT2D eigenvalue weighted by Gasteiger charge is -2.37. The van der Waals surface area contributed by atoms with Crippen LogP contribution in [0, 0.1) is 0 Å². The SMILES string of the molecule is CCN(CC(=O)O)C1CCN(C(=O)COc2c(Cl)cccc2Cl)CC1. The number of piperidine rings is 1. The van der Waals surface area contributed by atoms with Gasteiger partial charge in [-0.25, -0.2) is 0 Å². The molecule has 0 atom stereocenters. The van der Waals surface area contributed by atoms with Crippen molar-refractivity contribution in [2.45, 2.75) is 25.8 Å². The number of likely N-dealkylation sites (N-methyl/N-ethyl adjacent to an activating group) is 1. The number of ether oxygens (including phenoxy) is 1. The maximum absolute atomic E-state index is 12.3. The van der Waals surface area contributed by atoms with Crippen molar-refractivity contribution in [3.05, 3.63) is 28.2 Å². The molecular weight excluding hydrogens is 367 g/mol. The second-order valence-electron chi connectivity index (χ2n) is 5.91. The van der Waals surface area contributed by atoms with Gasteiger partial charge in [-0.1, -0.05) is 36.2 Å². The van der Waals surface area contributed by atoms with Gasteiger partial charge in [0.25, 0.3) is 5.91 Å². The van der Waals surface area contributed by atoms with E-state index in [1.165, 1.54) is 0 Å². The highest BCUT2D eigenvalue weighted by Crippen LogP contribution is 2.32. The maximum atomic E-state index is 12.3. The molecule has 1 aliphatic rings. The molecule has 0 spiro atoms. The number of aliphatic carboxylic acids is 1. The number of benzene rings is 1. The lowest BCUT2D eigenvalue weighted by Crippen LogP contribution is -2.49. The summed E-state index contributed by atoms with van der Waals surface area (Å²) in [6.45, 7) is 3.70. The zero-order chi connectivity index (χ0) is 18.4. The number of halogens is 2. The van der Waals surface area contributed by atoms with E-state index in [9.17, 15) is 9.59 Å². The molecular formula is C17H22Cl2N2O4. The number of amides is 1. The second-order valence-corrected chi connectivity index (χ2v) is 6.72. The summed E-state index contributed by atoms with van der Waals surface area (Å²) in [7, 11) is 0. The third-order valence-electron chi connectivity index (χ3n) is 4.34. The van der Waals surface area contributed by atoms with Gasteiger partial charge in [0.2, 0.25) is 0 Å². The molecule has 1 aromatic rings. The molecule has 0 unspecified atom stereocenters. The van der Waals surface area contributed by atoms with E-state index < -0.39 is 5.97 Å². The molecule has 1 aliphatic heterocycles. The molecule has 1 heterocycles. The molecule has 0 bridgehead atoms. The molecule has 8 heteroatoms. The van der Waals surface area contributed by atoms with Crippen LogP contribution in [0.25, 0.3) is 0 Å². The summed E-state index contributed by atoms with van der Waals surface area (Å²) in [5.74, 6) is -0.645. The predicted molar refractivity (Wildman–Crippen MR) is 96.4 cm³/mol. The topological polar surface area (TPSA) is 70.1 Å². The van der Waals surface area contributed by atoms with Crippen LogP contribution in [-0.4, -0.2) is 65.6 Å². The van der Waals surface area contributed by atoms with Crippen LogP contribution in [-0.2, 0) is 9.59 Å². The van der Waals surface area contributed by atoms with E-state index in [1.54, 1.807) is 23.1 Å². The number of nitrogens with zero attached hydrogens (tertiary/aromatic N) is 2. The fourth-order valence-electron chi connectivity index (χ4n) is 3.00. The fraction of sp³-hybridized carbons (Fsp3) is 0.529. The Kier molecular flexibility index (Phi) is 7.35. The molecule has 1 aromatic carbocycles. The third kappa shape index (κ3) is 5.49. The monoisotopic (exact) mass is 388 g/mol. The molecule has 0 saturated carbocycles. The van der Waals surface area contributed by atoms with Crippen molar-refractivity contribution < 1.29 is 19.4 Å². The van der Waals surface area contributed by atoms with Crippen LogP contribution in [0.2, 0.25) is 10.0 Å². The van der Waals surface area contributed by atoms with E-state index in [0.717, 1.165) is 12.8 Å². The van der Waals surface area contributed by atoms with Gasteiger partial charge < -0.3 is 14.7 Å². The summed E-state index contributed by atoms with van der Waals surface area (Å²) in [5.41, 5.74) is 0. The van der Waals surface area contributed by atoms with Crippen molar-refractivity contribution in [3.63, 3.8) is 0 Å². The Bertz CT molecular complexity index is 598. The Morgan fingerprint density at radius 2 is 1.88 bits per heavy atom. The van der Waals surface area contributed by atoms with Crippen LogP contribution in [0.3, 0.4) is 0 Å². The molecule has 6 nitrogen and oxygen atoms in total. The Balaban J connectivity index is 1.84. The van der Waals surface area contributed by atoms with Crippen LogP contribution in [0.4, 0.5) is 0 Å². The van der Waals surface area contributed by atoms with Crippen molar-refractivity contribution >= 4 is 35.1 Å². The second kappa shape index (κ2) is 9.27. The Labute approximate surface area is 157 Å². The summed E-state index contributed by atoms with van der Waals surface area (Å²) < 4.78 is 5.49. The summed E-state index contributed by atoms with van der Waals surface area (Å²) in [6.07, 6.45) is 1.50. The van der Waals surface area contributed by atoms with Gasteiger partial charge in [0.05, 0.1) is 16.6 Å². The summed E-state index contributed by atoms with van der Waals surface area (Å²) in [5, 5.41) is 9.70. The zero-order valence-corrected chi connectivity index (χ0v) is 15.6. The third-order valence-corrected chi connectivity index (χ3v) is 4.93. The molecule has 138 valence electrons. The predicted octanol–water partition coefficient (Wildman–Crippen LogP) is 2.77. The number of hydrogen-bond acceptors (Lipinski definition) is 4. The van der Waals surface area contributed by atoms with Crippen LogP contribution in [0.15, 0.2) is 18.2 Å². The van der Waals surface area contributed by atoms with E-state index in [2.05, 4.69) is 0 Å². The molecule has 1 saturated heterocycles. The first-order chi connectivity index (χ1) is 11.9. The quantitative estimate of drug-likeness (QED) is 0.777. The highest BCUT2D eigenvalue weighted by molar-refractivity contribution is 6.37. The molecule has 1 amide bonds. The first kappa shape index (κ1) is 19.8.